The quantitative estimate of drug-likeness (QED) is 0.393. The molecule has 0 saturated carbocycles. The second kappa shape index (κ2) is 10.1. The summed E-state index contributed by atoms with van der Waals surface area (Å²) in [7, 11) is 3.70. The summed E-state index contributed by atoms with van der Waals surface area (Å²) >= 11 is 1.77. The van der Waals surface area contributed by atoms with E-state index in [0.717, 1.165) is 44.3 Å². The Morgan fingerprint density at radius 1 is 1.40 bits per heavy atom. The molecular formula is C16H26IN7S. The lowest BCUT2D eigenvalue weighted by atomic mass is 10.0. The molecule has 3 heterocycles. The van der Waals surface area contributed by atoms with Crippen molar-refractivity contribution in [1.29, 1.82) is 0 Å². The number of halogens is 1. The highest BCUT2D eigenvalue weighted by atomic mass is 127. The van der Waals surface area contributed by atoms with E-state index in [1.807, 2.05) is 7.05 Å². The molecule has 0 bridgehead atoms. The fraction of sp³-hybridized carbons (Fsp3) is 0.562. The van der Waals surface area contributed by atoms with Crippen LogP contribution in [0.25, 0.3) is 0 Å². The Labute approximate surface area is 169 Å². The molecule has 0 amide bonds. The van der Waals surface area contributed by atoms with Crippen LogP contribution >= 0.6 is 35.3 Å². The first kappa shape index (κ1) is 20.1. The van der Waals surface area contributed by atoms with E-state index < -0.39 is 0 Å². The molecular weight excluding hydrogens is 449 g/mol. The van der Waals surface area contributed by atoms with E-state index >= 15 is 0 Å². The van der Waals surface area contributed by atoms with Gasteiger partial charge in [-0.3, -0.25) is 14.6 Å². The molecule has 1 saturated heterocycles. The van der Waals surface area contributed by atoms with Crippen LogP contribution in [0.1, 0.15) is 24.2 Å². The Kier molecular flexibility index (Phi) is 8.10. The lowest BCUT2D eigenvalue weighted by molar-refractivity contribution is 0.198. The number of nitrogens with one attached hydrogen (secondary N) is 2. The summed E-state index contributed by atoms with van der Waals surface area (Å²) in [5.41, 5.74) is 1.42. The average molecular weight is 475 g/mol. The topological polar surface area (TPSA) is 70.4 Å². The highest BCUT2D eigenvalue weighted by Crippen LogP contribution is 2.15. The summed E-state index contributed by atoms with van der Waals surface area (Å²) in [5, 5.41) is 15.3. The smallest absolute Gasteiger partial charge is 0.191 e. The van der Waals surface area contributed by atoms with Crippen molar-refractivity contribution in [2.75, 3.05) is 20.1 Å². The van der Waals surface area contributed by atoms with Crippen LogP contribution in [-0.2, 0) is 20.1 Å². The van der Waals surface area contributed by atoms with Gasteiger partial charge in [-0.15, -0.1) is 24.0 Å². The van der Waals surface area contributed by atoms with Gasteiger partial charge in [-0.25, -0.2) is 4.98 Å². The van der Waals surface area contributed by atoms with Crippen LogP contribution in [0.2, 0.25) is 0 Å². The molecule has 0 unspecified atom stereocenters. The number of likely N-dealkylation sites (tertiary alicyclic amines) is 1. The third kappa shape index (κ3) is 5.93. The summed E-state index contributed by atoms with van der Waals surface area (Å²) in [5.74, 6) is 1.72. The fourth-order valence-electron chi connectivity index (χ4n) is 2.91. The third-order valence-corrected chi connectivity index (χ3v) is 5.09. The molecule has 1 aliphatic rings. The number of aryl methyl sites for hydroxylation is 1. The summed E-state index contributed by atoms with van der Waals surface area (Å²) in [6.45, 7) is 3.92. The van der Waals surface area contributed by atoms with Gasteiger partial charge in [0.15, 0.2) is 5.96 Å². The van der Waals surface area contributed by atoms with Crippen LogP contribution in [0, 0.1) is 0 Å². The van der Waals surface area contributed by atoms with Crippen molar-refractivity contribution in [2.24, 2.45) is 12.0 Å². The second-order valence-electron chi connectivity index (χ2n) is 6.05. The van der Waals surface area contributed by atoms with E-state index in [-0.39, 0.29) is 24.0 Å². The average Bonchev–Trinajstić information content (AvgIpc) is 3.25. The van der Waals surface area contributed by atoms with Crippen molar-refractivity contribution in [3.8, 4) is 0 Å². The zero-order valence-electron chi connectivity index (χ0n) is 14.7. The standard InChI is InChI=1S/C16H25N7S.HI/c1-17-16(18-9-15-19-12-20-22(15)2)21-14-3-6-23(7-4-14)10-13-5-8-24-11-13;/h5,8,11-12,14H,3-4,6-7,9-10H2,1-2H3,(H2,17,18,21);1H. The minimum Gasteiger partial charge on any atom is -0.354 e. The van der Waals surface area contributed by atoms with Gasteiger partial charge in [0, 0.05) is 39.8 Å². The van der Waals surface area contributed by atoms with Gasteiger partial charge in [0.05, 0.1) is 6.54 Å². The number of aliphatic imine (C=N–C) groups is 1. The second-order valence-corrected chi connectivity index (χ2v) is 6.83. The van der Waals surface area contributed by atoms with Crippen molar-refractivity contribution < 1.29 is 0 Å². The van der Waals surface area contributed by atoms with E-state index in [0.29, 0.717) is 12.6 Å². The lowest BCUT2D eigenvalue weighted by Crippen LogP contribution is -2.48. The Morgan fingerprint density at radius 3 is 2.80 bits per heavy atom. The van der Waals surface area contributed by atoms with Crippen molar-refractivity contribution in [2.45, 2.75) is 32.0 Å². The number of aromatic nitrogens is 3. The largest absolute Gasteiger partial charge is 0.354 e. The molecule has 3 rings (SSSR count). The van der Waals surface area contributed by atoms with Crippen LogP contribution in [0.15, 0.2) is 28.1 Å². The SMILES string of the molecule is CN=C(NCc1ncnn1C)NC1CCN(Cc2ccsc2)CC1.I. The first-order chi connectivity index (χ1) is 11.7. The maximum Gasteiger partial charge on any atom is 0.191 e. The molecule has 0 aromatic carbocycles. The van der Waals surface area contributed by atoms with Gasteiger partial charge in [-0.1, -0.05) is 0 Å². The van der Waals surface area contributed by atoms with Gasteiger partial charge < -0.3 is 10.6 Å². The number of rotatable bonds is 5. The van der Waals surface area contributed by atoms with Crippen molar-refractivity contribution in [3.05, 3.63) is 34.5 Å². The minimum absolute atomic E-state index is 0. The molecule has 9 heteroatoms. The van der Waals surface area contributed by atoms with Crippen LogP contribution in [0.3, 0.4) is 0 Å². The van der Waals surface area contributed by atoms with Crippen LogP contribution < -0.4 is 10.6 Å². The number of nitrogens with zero attached hydrogens (tertiary/aromatic N) is 5. The number of piperidine rings is 1. The zero-order valence-corrected chi connectivity index (χ0v) is 17.8. The monoisotopic (exact) mass is 475 g/mol. The minimum atomic E-state index is 0. The van der Waals surface area contributed by atoms with Gasteiger partial charge in [-0.05, 0) is 35.2 Å². The van der Waals surface area contributed by atoms with E-state index in [9.17, 15) is 0 Å². The lowest BCUT2D eigenvalue weighted by Gasteiger charge is -2.32. The van der Waals surface area contributed by atoms with Gasteiger partial charge in [0.25, 0.3) is 0 Å². The number of guanidine groups is 1. The maximum atomic E-state index is 4.32. The van der Waals surface area contributed by atoms with Gasteiger partial charge >= 0.3 is 0 Å². The Hall–Kier alpha value is -1.20. The molecule has 7 nitrogen and oxygen atoms in total. The zero-order chi connectivity index (χ0) is 16.8. The first-order valence-electron chi connectivity index (χ1n) is 8.28. The van der Waals surface area contributed by atoms with Crippen molar-refractivity contribution in [1.82, 2.24) is 30.3 Å². The van der Waals surface area contributed by atoms with Gasteiger partial charge in [-0.2, -0.15) is 16.4 Å². The Morgan fingerprint density at radius 2 is 2.20 bits per heavy atom. The van der Waals surface area contributed by atoms with E-state index in [1.165, 1.54) is 5.56 Å². The van der Waals surface area contributed by atoms with Gasteiger partial charge in [0.2, 0.25) is 0 Å². The molecule has 138 valence electrons. The fourth-order valence-corrected chi connectivity index (χ4v) is 3.57. The third-order valence-electron chi connectivity index (χ3n) is 4.36. The molecule has 2 aromatic rings. The summed E-state index contributed by atoms with van der Waals surface area (Å²) in [4.78, 5) is 11.1. The predicted octanol–water partition coefficient (Wildman–Crippen LogP) is 1.82. The van der Waals surface area contributed by atoms with E-state index in [1.54, 1.807) is 29.4 Å². The normalized spacial score (nSPS) is 16.5. The van der Waals surface area contributed by atoms with Gasteiger partial charge in [0.1, 0.15) is 12.2 Å². The highest BCUT2D eigenvalue weighted by molar-refractivity contribution is 14.0. The summed E-state index contributed by atoms with van der Waals surface area (Å²) in [6.07, 6.45) is 3.83. The molecule has 0 radical (unpaired) electrons. The maximum absolute atomic E-state index is 4.32. The summed E-state index contributed by atoms with van der Waals surface area (Å²) < 4.78 is 1.77. The molecule has 2 N–H and O–H groups in total. The van der Waals surface area contributed by atoms with Crippen LogP contribution in [0.5, 0.6) is 0 Å². The van der Waals surface area contributed by atoms with Crippen molar-refractivity contribution in [3.63, 3.8) is 0 Å². The van der Waals surface area contributed by atoms with Crippen LogP contribution in [-0.4, -0.2) is 51.8 Å². The Balaban J connectivity index is 0.00000225. The van der Waals surface area contributed by atoms with E-state index in [4.69, 9.17) is 0 Å². The molecule has 0 spiro atoms. The van der Waals surface area contributed by atoms with Crippen molar-refractivity contribution >= 4 is 41.3 Å². The van der Waals surface area contributed by atoms with E-state index in [2.05, 4.69) is 47.4 Å². The highest BCUT2D eigenvalue weighted by Gasteiger charge is 2.20. The number of hydrogen-bond donors (Lipinski definition) is 2. The molecule has 1 aliphatic heterocycles. The number of thiophene rings is 1. The molecule has 0 atom stereocenters. The molecule has 1 fully saturated rings. The predicted molar refractivity (Wildman–Crippen MR) is 112 cm³/mol. The first-order valence-corrected chi connectivity index (χ1v) is 9.22. The number of hydrogen-bond acceptors (Lipinski definition) is 5. The summed E-state index contributed by atoms with van der Waals surface area (Å²) in [6, 6.07) is 2.68. The molecule has 2 aromatic heterocycles. The van der Waals surface area contributed by atoms with Crippen LogP contribution in [0.4, 0.5) is 0 Å². The Bertz CT molecular complexity index is 647. The molecule has 0 aliphatic carbocycles. The molecule has 25 heavy (non-hydrogen) atoms.